The summed E-state index contributed by atoms with van der Waals surface area (Å²) in [6, 6.07) is 21.4. The van der Waals surface area contributed by atoms with Crippen LogP contribution in [0.25, 0.3) is 21.9 Å². The lowest BCUT2D eigenvalue weighted by atomic mass is 9.98. The maximum absolute atomic E-state index is 5.46. The normalized spacial score (nSPS) is 10.9. The highest BCUT2D eigenvalue weighted by Crippen LogP contribution is 2.32. The van der Waals surface area contributed by atoms with Gasteiger partial charge in [0.15, 0.2) is 4.90 Å². The molecule has 0 radical (unpaired) electrons. The van der Waals surface area contributed by atoms with Gasteiger partial charge in [0.05, 0.1) is 13.7 Å². The summed E-state index contributed by atoms with van der Waals surface area (Å²) in [6.45, 7) is 3.63. The number of benzene rings is 3. The third-order valence-electron chi connectivity index (χ3n) is 4.02. The van der Waals surface area contributed by atoms with Crippen LogP contribution in [0.4, 0.5) is 0 Å². The maximum Gasteiger partial charge on any atom is 0.160 e. The minimum atomic E-state index is 0.784. The molecular formula is C21H23O2S+. The average Bonchev–Trinajstić information content (AvgIpc) is 2.65. The van der Waals surface area contributed by atoms with Crippen molar-refractivity contribution >= 4 is 22.5 Å². The van der Waals surface area contributed by atoms with Crippen molar-refractivity contribution in [1.29, 1.82) is 0 Å². The molecule has 0 bridgehead atoms. The zero-order chi connectivity index (χ0) is 16.8. The lowest BCUT2D eigenvalue weighted by Gasteiger charge is -2.09. The number of rotatable bonds is 7. The second-order valence-corrected chi connectivity index (χ2v) is 6.73. The maximum atomic E-state index is 5.46. The smallest absolute Gasteiger partial charge is 0.160 e. The van der Waals surface area contributed by atoms with Gasteiger partial charge >= 0.3 is 0 Å². The van der Waals surface area contributed by atoms with Crippen LogP contribution in [0.3, 0.4) is 0 Å². The van der Waals surface area contributed by atoms with E-state index in [1.54, 1.807) is 7.11 Å². The van der Waals surface area contributed by atoms with Crippen molar-refractivity contribution in [2.75, 3.05) is 26.1 Å². The summed E-state index contributed by atoms with van der Waals surface area (Å²) in [5, 5.41) is 2.62. The van der Waals surface area contributed by atoms with E-state index in [1.165, 1.54) is 38.6 Å². The summed E-state index contributed by atoms with van der Waals surface area (Å²) >= 11 is 1.31. The van der Waals surface area contributed by atoms with Crippen molar-refractivity contribution in [3.8, 4) is 16.9 Å². The van der Waals surface area contributed by atoms with Gasteiger partial charge in [-0.1, -0.05) is 30.3 Å². The summed E-state index contributed by atoms with van der Waals surface area (Å²) in [4.78, 5) is 1.36. The quantitative estimate of drug-likeness (QED) is 0.352. The molecule has 0 heterocycles. The molecule has 0 saturated carbocycles. The molecule has 0 aliphatic rings. The van der Waals surface area contributed by atoms with Gasteiger partial charge in [0.1, 0.15) is 11.5 Å². The fourth-order valence-corrected chi connectivity index (χ4v) is 3.82. The van der Waals surface area contributed by atoms with Gasteiger partial charge in [0.2, 0.25) is 0 Å². The van der Waals surface area contributed by atoms with Gasteiger partial charge in [-0.05, 0) is 53.8 Å². The average molecular weight is 339 g/mol. The minimum Gasteiger partial charge on any atom is -0.497 e. The van der Waals surface area contributed by atoms with Gasteiger partial charge in [0.25, 0.3) is 0 Å². The van der Waals surface area contributed by atoms with E-state index in [9.17, 15) is 0 Å². The van der Waals surface area contributed by atoms with Crippen LogP contribution in [0.1, 0.15) is 6.92 Å². The van der Waals surface area contributed by atoms with Crippen LogP contribution in [-0.4, -0.2) is 26.1 Å². The highest BCUT2D eigenvalue weighted by Gasteiger charge is 2.12. The molecule has 3 aromatic rings. The van der Waals surface area contributed by atoms with Gasteiger partial charge < -0.3 is 9.47 Å². The van der Waals surface area contributed by atoms with E-state index in [-0.39, 0.29) is 0 Å². The van der Waals surface area contributed by atoms with Crippen molar-refractivity contribution in [2.24, 2.45) is 0 Å². The highest BCUT2D eigenvalue weighted by atomic mass is 32.2. The van der Waals surface area contributed by atoms with E-state index < -0.39 is 0 Å². The van der Waals surface area contributed by atoms with Crippen LogP contribution < -0.4 is 4.74 Å². The molecule has 0 atom stereocenters. The standard InChI is InChI=1S/C21H22O2S/c1-3-23-14-15-24-21-13-12-18(19-6-4-5-7-20(19)21)16-8-10-17(22-2)11-9-16/h4-13H,3,14-15H2,1-2H3/p+1. The molecular weight excluding hydrogens is 316 g/mol. The van der Waals surface area contributed by atoms with Crippen LogP contribution in [0.2, 0.25) is 0 Å². The van der Waals surface area contributed by atoms with Crippen LogP contribution in [0.5, 0.6) is 5.75 Å². The number of hydrogen-bond acceptors (Lipinski definition) is 2. The Labute approximate surface area is 147 Å². The molecule has 0 saturated heterocycles. The van der Waals surface area contributed by atoms with Crippen molar-refractivity contribution < 1.29 is 9.47 Å². The molecule has 0 amide bonds. The lowest BCUT2D eigenvalue weighted by Crippen LogP contribution is -2.02. The number of hydrogen-bond donors (Lipinski definition) is 0. The van der Waals surface area contributed by atoms with Crippen LogP contribution in [-0.2, 0) is 16.5 Å². The molecule has 0 N–H and O–H groups in total. The molecule has 3 aromatic carbocycles. The van der Waals surface area contributed by atoms with E-state index in [4.69, 9.17) is 9.47 Å². The molecule has 0 aliphatic carbocycles. The van der Waals surface area contributed by atoms with Crippen molar-refractivity contribution in [1.82, 2.24) is 0 Å². The fraction of sp³-hybridized carbons (Fsp3) is 0.238. The van der Waals surface area contributed by atoms with Gasteiger partial charge in [-0.2, -0.15) is 0 Å². The molecule has 0 spiro atoms. The molecule has 24 heavy (non-hydrogen) atoms. The van der Waals surface area contributed by atoms with Crippen molar-refractivity contribution in [3.63, 3.8) is 0 Å². The second-order valence-electron chi connectivity index (χ2n) is 5.48. The summed E-state index contributed by atoms with van der Waals surface area (Å²) in [5.74, 6) is 1.91. The largest absolute Gasteiger partial charge is 0.497 e. The Morgan fingerprint density at radius 2 is 1.62 bits per heavy atom. The number of ether oxygens (including phenoxy) is 2. The van der Waals surface area contributed by atoms with E-state index in [2.05, 4.69) is 48.5 Å². The minimum absolute atomic E-state index is 0.784. The topological polar surface area (TPSA) is 18.5 Å². The second kappa shape index (κ2) is 8.22. The Kier molecular flexibility index (Phi) is 5.78. The number of fused-ring (bicyclic) bond motifs is 1. The number of methoxy groups -OCH3 is 1. The Morgan fingerprint density at radius 3 is 2.33 bits per heavy atom. The molecule has 0 aliphatic heterocycles. The molecule has 0 aromatic heterocycles. The van der Waals surface area contributed by atoms with Gasteiger partial charge in [0, 0.05) is 23.8 Å². The number of thiol groups is 1. The Morgan fingerprint density at radius 1 is 0.875 bits per heavy atom. The molecule has 0 unspecified atom stereocenters. The third kappa shape index (κ3) is 3.74. The summed E-state index contributed by atoms with van der Waals surface area (Å²) in [5.41, 5.74) is 2.47. The van der Waals surface area contributed by atoms with E-state index in [0.717, 1.165) is 24.7 Å². The van der Waals surface area contributed by atoms with Crippen molar-refractivity contribution in [2.45, 2.75) is 11.8 Å². The zero-order valence-electron chi connectivity index (χ0n) is 14.2. The zero-order valence-corrected chi connectivity index (χ0v) is 15.1. The monoisotopic (exact) mass is 339 g/mol. The highest BCUT2D eigenvalue weighted by molar-refractivity contribution is 7.78. The molecule has 0 fully saturated rings. The van der Waals surface area contributed by atoms with E-state index in [1.807, 2.05) is 19.1 Å². The molecule has 2 nitrogen and oxygen atoms in total. The molecule has 3 heteroatoms. The van der Waals surface area contributed by atoms with Crippen molar-refractivity contribution in [3.05, 3.63) is 60.7 Å². The summed E-state index contributed by atoms with van der Waals surface area (Å²) < 4.78 is 10.7. The Bertz CT molecular complexity index is 797. The van der Waals surface area contributed by atoms with E-state index in [0.29, 0.717) is 0 Å². The van der Waals surface area contributed by atoms with Gasteiger partial charge in [-0.25, -0.2) is 0 Å². The predicted molar refractivity (Wildman–Crippen MR) is 104 cm³/mol. The first kappa shape index (κ1) is 16.9. The van der Waals surface area contributed by atoms with Gasteiger partial charge in [-0.3, -0.25) is 0 Å². The van der Waals surface area contributed by atoms with Crippen LogP contribution >= 0.6 is 0 Å². The first-order valence-corrected chi connectivity index (χ1v) is 9.33. The Hall–Kier alpha value is -1.97. The van der Waals surface area contributed by atoms with E-state index >= 15 is 0 Å². The summed E-state index contributed by atoms with van der Waals surface area (Å²) in [7, 11) is 1.69. The SMILES string of the molecule is CCOCC[SH+]c1ccc(-c2ccc(OC)cc2)c2ccccc12. The third-order valence-corrected chi connectivity index (χ3v) is 5.16. The first-order chi connectivity index (χ1) is 11.8. The Balaban J connectivity index is 1.95. The lowest BCUT2D eigenvalue weighted by molar-refractivity contribution is 0.164. The fourth-order valence-electron chi connectivity index (χ4n) is 2.82. The van der Waals surface area contributed by atoms with Gasteiger partial charge in [-0.15, -0.1) is 0 Å². The molecule has 3 rings (SSSR count). The first-order valence-electron chi connectivity index (χ1n) is 8.25. The predicted octanol–water partition coefficient (Wildman–Crippen LogP) is 4.73. The summed E-state index contributed by atoms with van der Waals surface area (Å²) in [6.07, 6.45) is 0. The van der Waals surface area contributed by atoms with Crippen LogP contribution in [0.15, 0.2) is 65.6 Å². The molecule has 124 valence electrons. The van der Waals surface area contributed by atoms with Crippen LogP contribution in [0, 0.1) is 0 Å².